The smallest absolute Gasteiger partial charge is 0.248 e. The minimum absolute atomic E-state index is 0.170. The fourth-order valence-electron chi connectivity index (χ4n) is 1.77. The predicted molar refractivity (Wildman–Crippen MR) is 80.9 cm³/mol. The van der Waals surface area contributed by atoms with Gasteiger partial charge in [-0.3, -0.25) is 9.59 Å². The second-order valence-electron chi connectivity index (χ2n) is 4.35. The van der Waals surface area contributed by atoms with Gasteiger partial charge in [-0.05, 0) is 29.6 Å². The van der Waals surface area contributed by atoms with Crippen LogP contribution in [-0.2, 0) is 11.3 Å². The van der Waals surface area contributed by atoms with Crippen LogP contribution in [0.4, 0.5) is 15.8 Å². The molecule has 0 aliphatic heterocycles. The van der Waals surface area contributed by atoms with Crippen LogP contribution in [-0.4, -0.2) is 11.8 Å². The third-order valence-electron chi connectivity index (χ3n) is 2.75. The van der Waals surface area contributed by atoms with E-state index in [-0.39, 0.29) is 17.2 Å². The number of rotatable bonds is 5. The highest BCUT2D eigenvalue weighted by Crippen LogP contribution is 2.24. The van der Waals surface area contributed by atoms with Gasteiger partial charge in [-0.1, -0.05) is 0 Å². The number of primary amides is 1. The minimum atomic E-state index is -0.617. The van der Waals surface area contributed by atoms with E-state index in [1.807, 2.05) is 5.38 Å². The summed E-state index contributed by atoms with van der Waals surface area (Å²) in [6.07, 6.45) is 0. The maximum Gasteiger partial charge on any atom is 0.248 e. The van der Waals surface area contributed by atoms with Crippen molar-refractivity contribution >= 4 is 34.5 Å². The first-order valence-corrected chi connectivity index (χ1v) is 7.02. The second-order valence-corrected chi connectivity index (χ2v) is 5.35. The fraction of sp³-hybridized carbons (Fsp3) is 0.143. The van der Waals surface area contributed by atoms with Gasteiger partial charge < -0.3 is 16.4 Å². The van der Waals surface area contributed by atoms with Crippen LogP contribution in [0.5, 0.6) is 0 Å². The Morgan fingerprint density at radius 1 is 1.29 bits per heavy atom. The van der Waals surface area contributed by atoms with Crippen LogP contribution in [0.25, 0.3) is 0 Å². The average Bonchev–Trinajstić information content (AvgIpc) is 2.84. The number of amides is 2. The van der Waals surface area contributed by atoms with Crippen molar-refractivity contribution in [3.63, 3.8) is 0 Å². The SMILES string of the molecule is CC(=O)Nc1ccsc1CNc1cc(C(N)=O)ccc1F. The van der Waals surface area contributed by atoms with Gasteiger partial charge in [-0.25, -0.2) is 4.39 Å². The van der Waals surface area contributed by atoms with Crippen molar-refractivity contribution in [2.75, 3.05) is 10.6 Å². The maximum atomic E-state index is 13.7. The number of nitrogens with two attached hydrogens (primary N) is 1. The van der Waals surface area contributed by atoms with Crippen molar-refractivity contribution in [2.24, 2.45) is 5.73 Å². The molecule has 0 saturated carbocycles. The molecule has 2 amide bonds. The number of halogens is 1. The van der Waals surface area contributed by atoms with Gasteiger partial charge in [0.1, 0.15) is 5.82 Å². The van der Waals surface area contributed by atoms with Crippen LogP contribution in [0.3, 0.4) is 0 Å². The van der Waals surface area contributed by atoms with Crippen molar-refractivity contribution < 1.29 is 14.0 Å². The number of nitrogens with one attached hydrogen (secondary N) is 2. The number of thiophene rings is 1. The number of hydrogen-bond donors (Lipinski definition) is 3. The second kappa shape index (κ2) is 6.36. The molecule has 2 rings (SSSR count). The molecule has 5 nitrogen and oxygen atoms in total. The molecule has 1 aromatic heterocycles. The number of anilines is 2. The van der Waals surface area contributed by atoms with E-state index in [1.54, 1.807) is 6.07 Å². The van der Waals surface area contributed by atoms with Gasteiger partial charge in [-0.15, -0.1) is 11.3 Å². The Bertz CT molecular complexity index is 685. The summed E-state index contributed by atoms with van der Waals surface area (Å²) in [5.41, 5.74) is 6.27. The molecule has 0 aliphatic carbocycles. The molecular formula is C14H14FN3O2S. The highest BCUT2D eigenvalue weighted by molar-refractivity contribution is 7.10. The molecule has 0 radical (unpaired) electrons. The van der Waals surface area contributed by atoms with Gasteiger partial charge in [0, 0.05) is 17.4 Å². The lowest BCUT2D eigenvalue weighted by Gasteiger charge is -2.09. The summed E-state index contributed by atoms with van der Waals surface area (Å²) in [7, 11) is 0. The Hall–Kier alpha value is -2.41. The van der Waals surface area contributed by atoms with Crippen LogP contribution in [0, 0.1) is 5.82 Å². The molecule has 0 saturated heterocycles. The predicted octanol–water partition coefficient (Wildman–Crippen LogP) is 2.56. The Morgan fingerprint density at radius 3 is 2.71 bits per heavy atom. The molecule has 0 spiro atoms. The van der Waals surface area contributed by atoms with E-state index in [0.717, 1.165) is 4.88 Å². The van der Waals surface area contributed by atoms with E-state index >= 15 is 0 Å². The number of carbonyl (C=O) groups is 2. The number of carbonyl (C=O) groups excluding carboxylic acids is 2. The lowest BCUT2D eigenvalue weighted by atomic mass is 10.2. The lowest BCUT2D eigenvalue weighted by molar-refractivity contribution is -0.114. The maximum absolute atomic E-state index is 13.7. The van der Waals surface area contributed by atoms with Crippen LogP contribution >= 0.6 is 11.3 Å². The van der Waals surface area contributed by atoms with Gasteiger partial charge in [0.05, 0.1) is 17.9 Å². The van der Waals surface area contributed by atoms with E-state index in [9.17, 15) is 14.0 Å². The zero-order valence-electron chi connectivity index (χ0n) is 11.3. The standard InChI is InChI=1S/C14H14FN3O2S/c1-8(19)18-11-4-5-21-13(11)7-17-12-6-9(14(16)20)2-3-10(12)15/h2-6,17H,7H2,1H3,(H2,16,20)(H,18,19). The van der Waals surface area contributed by atoms with Gasteiger partial charge in [0.25, 0.3) is 0 Å². The average molecular weight is 307 g/mol. The molecule has 4 N–H and O–H groups in total. The van der Waals surface area contributed by atoms with Crippen LogP contribution < -0.4 is 16.4 Å². The summed E-state index contributed by atoms with van der Waals surface area (Å²) in [6.45, 7) is 1.75. The van der Waals surface area contributed by atoms with E-state index < -0.39 is 11.7 Å². The lowest BCUT2D eigenvalue weighted by Crippen LogP contribution is -2.12. The largest absolute Gasteiger partial charge is 0.378 e. The topological polar surface area (TPSA) is 84.2 Å². The quantitative estimate of drug-likeness (QED) is 0.793. The Balaban J connectivity index is 2.13. The molecule has 7 heteroatoms. The molecule has 0 aliphatic rings. The normalized spacial score (nSPS) is 10.2. The zero-order chi connectivity index (χ0) is 15.4. The first-order chi connectivity index (χ1) is 9.97. The van der Waals surface area contributed by atoms with Gasteiger partial charge in [-0.2, -0.15) is 0 Å². The van der Waals surface area contributed by atoms with Gasteiger partial charge in [0.15, 0.2) is 0 Å². The van der Waals surface area contributed by atoms with E-state index in [2.05, 4.69) is 10.6 Å². The zero-order valence-corrected chi connectivity index (χ0v) is 12.1. The molecule has 21 heavy (non-hydrogen) atoms. The highest BCUT2D eigenvalue weighted by atomic mass is 32.1. The van der Waals surface area contributed by atoms with Crippen LogP contribution in [0.1, 0.15) is 22.2 Å². The highest BCUT2D eigenvalue weighted by Gasteiger charge is 2.09. The molecule has 0 unspecified atom stereocenters. The Labute approximate surface area is 125 Å². The van der Waals surface area contributed by atoms with Crippen molar-refractivity contribution in [1.82, 2.24) is 0 Å². The van der Waals surface area contributed by atoms with Gasteiger partial charge in [0.2, 0.25) is 11.8 Å². The van der Waals surface area contributed by atoms with E-state index in [0.29, 0.717) is 12.2 Å². The molecule has 0 fully saturated rings. The first kappa shape index (κ1) is 15.0. The fourth-order valence-corrected chi connectivity index (χ4v) is 2.54. The number of benzene rings is 1. The Morgan fingerprint density at radius 2 is 2.05 bits per heavy atom. The summed E-state index contributed by atoms with van der Waals surface area (Å²) in [4.78, 5) is 23.0. The third kappa shape index (κ3) is 3.79. The molecule has 0 atom stereocenters. The Kier molecular flexibility index (Phi) is 4.54. The molecule has 1 heterocycles. The van der Waals surface area contributed by atoms with Crippen molar-refractivity contribution in [3.05, 3.63) is 45.9 Å². The van der Waals surface area contributed by atoms with Crippen molar-refractivity contribution in [1.29, 1.82) is 0 Å². The van der Waals surface area contributed by atoms with Crippen LogP contribution in [0.2, 0.25) is 0 Å². The van der Waals surface area contributed by atoms with E-state index in [4.69, 9.17) is 5.73 Å². The molecule has 110 valence electrons. The number of hydrogen-bond acceptors (Lipinski definition) is 4. The summed E-state index contributed by atoms with van der Waals surface area (Å²) < 4.78 is 13.7. The molecular weight excluding hydrogens is 293 g/mol. The van der Waals surface area contributed by atoms with Crippen molar-refractivity contribution in [2.45, 2.75) is 13.5 Å². The third-order valence-corrected chi connectivity index (χ3v) is 3.67. The molecule has 1 aromatic carbocycles. The summed E-state index contributed by atoms with van der Waals surface area (Å²) in [6, 6.07) is 5.66. The summed E-state index contributed by atoms with van der Waals surface area (Å²) in [5, 5.41) is 7.43. The van der Waals surface area contributed by atoms with Gasteiger partial charge >= 0.3 is 0 Å². The monoisotopic (exact) mass is 307 g/mol. The molecule has 0 bridgehead atoms. The van der Waals surface area contributed by atoms with E-state index in [1.165, 1.54) is 36.5 Å². The minimum Gasteiger partial charge on any atom is -0.378 e. The van der Waals surface area contributed by atoms with Crippen molar-refractivity contribution in [3.8, 4) is 0 Å². The van der Waals surface area contributed by atoms with Crippen LogP contribution in [0.15, 0.2) is 29.6 Å². The first-order valence-electron chi connectivity index (χ1n) is 6.14. The summed E-state index contributed by atoms with van der Waals surface area (Å²) in [5.74, 6) is -1.26. The molecule has 2 aromatic rings. The summed E-state index contributed by atoms with van der Waals surface area (Å²) >= 11 is 1.44.